The first-order valence-corrected chi connectivity index (χ1v) is 5.60. The van der Waals surface area contributed by atoms with Crippen molar-refractivity contribution in [2.24, 2.45) is 0 Å². The molecule has 0 unspecified atom stereocenters. The molecule has 1 aromatic rings. The maximum atomic E-state index is 13.1. The third kappa shape index (κ3) is 3.09. The van der Waals surface area contributed by atoms with Crippen LogP contribution in [0.25, 0.3) is 0 Å². The van der Waals surface area contributed by atoms with Gasteiger partial charge in [-0.05, 0) is 31.0 Å². The molecule has 1 saturated carbocycles. The lowest BCUT2D eigenvalue weighted by atomic mass is 10.2. The number of carbonyl (C=O) groups is 1. The molecule has 92 valence electrons. The molecular weight excluding hydrogens is 221 g/mol. The van der Waals surface area contributed by atoms with Gasteiger partial charge in [-0.3, -0.25) is 0 Å². The van der Waals surface area contributed by atoms with Crippen molar-refractivity contribution in [1.82, 2.24) is 5.32 Å². The molecular formula is C12H16FN3O. The Balaban J connectivity index is 2.11. The summed E-state index contributed by atoms with van der Waals surface area (Å²) < 4.78 is 13.1. The van der Waals surface area contributed by atoms with Crippen molar-refractivity contribution in [1.29, 1.82) is 0 Å². The fourth-order valence-electron chi connectivity index (χ4n) is 1.57. The normalized spacial score (nSPS) is 14.3. The van der Waals surface area contributed by atoms with E-state index in [1.165, 1.54) is 12.1 Å². The van der Waals surface area contributed by atoms with Gasteiger partial charge in [-0.15, -0.1) is 0 Å². The zero-order chi connectivity index (χ0) is 12.4. The molecule has 4 nitrogen and oxygen atoms in total. The van der Waals surface area contributed by atoms with E-state index < -0.39 is 0 Å². The summed E-state index contributed by atoms with van der Waals surface area (Å²) in [7, 11) is 3.69. The van der Waals surface area contributed by atoms with Crippen LogP contribution >= 0.6 is 0 Å². The van der Waals surface area contributed by atoms with E-state index in [4.69, 9.17) is 0 Å². The Kier molecular flexibility index (Phi) is 3.17. The Morgan fingerprint density at radius 2 is 2.12 bits per heavy atom. The Bertz CT molecular complexity index is 430. The molecule has 2 N–H and O–H groups in total. The summed E-state index contributed by atoms with van der Waals surface area (Å²) >= 11 is 0. The molecule has 17 heavy (non-hydrogen) atoms. The standard InChI is InChI=1S/C12H16FN3O/c1-16(2)11-6-3-8(13)7-10(11)15-12(17)14-9-4-5-9/h3,6-7,9H,4-5H2,1-2H3,(H2,14,15,17). The van der Waals surface area contributed by atoms with Crippen molar-refractivity contribution in [3.8, 4) is 0 Å². The van der Waals surface area contributed by atoms with Crippen LogP contribution in [0.3, 0.4) is 0 Å². The second kappa shape index (κ2) is 4.61. The summed E-state index contributed by atoms with van der Waals surface area (Å²) in [6.07, 6.45) is 2.05. The van der Waals surface area contributed by atoms with Crippen molar-refractivity contribution in [2.45, 2.75) is 18.9 Å². The average molecular weight is 237 g/mol. The number of urea groups is 1. The third-order valence-electron chi connectivity index (χ3n) is 2.60. The first-order valence-electron chi connectivity index (χ1n) is 5.60. The lowest BCUT2D eigenvalue weighted by Gasteiger charge is -2.18. The quantitative estimate of drug-likeness (QED) is 0.846. The summed E-state index contributed by atoms with van der Waals surface area (Å²) in [4.78, 5) is 13.4. The van der Waals surface area contributed by atoms with Crippen LogP contribution in [0.2, 0.25) is 0 Å². The molecule has 0 aromatic heterocycles. The maximum Gasteiger partial charge on any atom is 0.319 e. The molecule has 0 saturated heterocycles. The number of carbonyl (C=O) groups excluding carboxylic acids is 1. The number of halogens is 1. The Labute approximate surface area is 99.8 Å². The average Bonchev–Trinajstić information content (AvgIpc) is 3.00. The van der Waals surface area contributed by atoms with Gasteiger partial charge in [0.05, 0.1) is 11.4 Å². The SMILES string of the molecule is CN(C)c1ccc(F)cc1NC(=O)NC1CC1. The molecule has 2 amide bonds. The van der Waals surface area contributed by atoms with Gasteiger partial charge in [-0.25, -0.2) is 9.18 Å². The summed E-state index contributed by atoms with van der Waals surface area (Å²) in [5, 5.41) is 5.47. The third-order valence-corrected chi connectivity index (χ3v) is 2.60. The van der Waals surface area contributed by atoms with Crippen LogP contribution < -0.4 is 15.5 Å². The number of nitrogens with zero attached hydrogens (tertiary/aromatic N) is 1. The van der Waals surface area contributed by atoms with Crippen LogP contribution in [0.15, 0.2) is 18.2 Å². The Morgan fingerprint density at radius 3 is 2.71 bits per heavy atom. The maximum absolute atomic E-state index is 13.1. The molecule has 1 fully saturated rings. The highest BCUT2D eigenvalue weighted by Gasteiger charge is 2.23. The molecule has 1 aromatic carbocycles. The highest BCUT2D eigenvalue weighted by atomic mass is 19.1. The number of hydrogen-bond donors (Lipinski definition) is 2. The minimum absolute atomic E-state index is 0.277. The van der Waals surface area contributed by atoms with Crippen LogP contribution in [-0.4, -0.2) is 26.2 Å². The van der Waals surface area contributed by atoms with Gasteiger partial charge in [0.1, 0.15) is 5.82 Å². The largest absolute Gasteiger partial charge is 0.376 e. The number of benzene rings is 1. The van der Waals surface area contributed by atoms with Crippen molar-refractivity contribution in [3.05, 3.63) is 24.0 Å². The molecule has 0 heterocycles. The number of amides is 2. The van der Waals surface area contributed by atoms with E-state index in [1.54, 1.807) is 6.07 Å². The van der Waals surface area contributed by atoms with Crippen LogP contribution in [0.5, 0.6) is 0 Å². The molecule has 0 atom stereocenters. The van der Waals surface area contributed by atoms with Gasteiger partial charge in [0.2, 0.25) is 0 Å². The molecule has 1 aliphatic carbocycles. The molecule has 0 bridgehead atoms. The first kappa shape index (κ1) is 11.7. The van der Waals surface area contributed by atoms with E-state index in [9.17, 15) is 9.18 Å². The fraction of sp³-hybridized carbons (Fsp3) is 0.417. The number of hydrogen-bond acceptors (Lipinski definition) is 2. The summed E-state index contributed by atoms with van der Waals surface area (Å²) in [6, 6.07) is 4.34. The smallest absolute Gasteiger partial charge is 0.319 e. The fourth-order valence-corrected chi connectivity index (χ4v) is 1.57. The van der Waals surface area contributed by atoms with Crippen molar-refractivity contribution in [3.63, 3.8) is 0 Å². The number of rotatable bonds is 3. The number of anilines is 2. The van der Waals surface area contributed by atoms with Gasteiger partial charge in [0, 0.05) is 20.1 Å². The van der Waals surface area contributed by atoms with Gasteiger partial charge in [0.15, 0.2) is 0 Å². The second-order valence-electron chi connectivity index (χ2n) is 4.43. The summed E-state index contributed by atoms with van der Waals surface area (Å²) in [5.74, 6) is -0.364. The van der Waals surface area contributed by atoms with Gasteiger partial charge >= 0.3 is 6.03 Å². The van der Waals surface area contributed by atoms with E-state index in [0.29, 0.717) is 5.69 Å². The van der Waals surface area contributed by atoms with Crippen LogP contribution in [-0.2, 0) is 0 Å². The zero-order valence-electron chi connectivity index (χ0n) is 9.96. The molecule has 0 spiro atoms. The Morgan fingerprint density at radius 1 is 1.41 bits per heavy atom. The van der Waals surface area contributed by atoms with Gasteiger partial charge in [0.25, 0.3) is 0 Å². The van der Waals surface area contributed by atoms with Crippen LogP contribution in [0, 0.1) is 5.82 Å². The minimum atomic E-state index is -0.364. The predicted molar refractivity (Wildman–Crippen MR) is 65.9 cm³/mol. The van der Waals surface area contributed by atoms with E-state index in [1.807, 2.05) is 19.0 Å². The zero-order valence-corrected chi connectivity index (χ0v) is 9.96. The van der Waals surface area contributed by atoms with E-state index in [-0.39, 0.29) is 17.9 Å². The van der Waals surface area contributed by atoms with E-state index in [2.05, 4.69) is 10.6 Å². The predicted octanol–water partition coefficient (Wildman–Crippen LogP) is 2.18. The monoisotopic (exact) mass is 237 g/mol. The highest BCUT2D eigenvalue weighted by molar-refractivity contribution is 5.93. The minimum Gasteiger partial charge on any atom is -0.376 e. The summed E-state index contributed by atoms with van der Waals surface area (Å²) in [5.41, 5.74) is 1.26. The van der Waals surface area contributed by atoms with Crippen LogP contribution in [0.1, 0.15) is 12.8 Å². The lowest BCUT2D eigenvalue weighted by Crippen LogP contribution is -2.31. The molecule has 5 heteroatoms. The van der Waals surface area contributed by atoms with Crippen molar-refractivity contribution < 1.29 is 9.18 Å². The summed E-state index contributed by atoms with van der Waals surface area (Å²) in [6.45, 7) is 0. The van der Waals surface area contributed by atoms with Crippen molar-refractivity contribution >= 4 is 17.4 Å². The van der Waals surface area contributed by atoms with Gasteiger partial charge < -0.3 is 15.5 Å². The highest BCUT2D eigenvalue weighted by Crippen LogP contribution is 2.25. The van der Waals surface area contributed by atoms with Gasteiger partial charge in [-0.1, -0.05) is 0 Å². The van der Waals surface area contributed by atoms with E-state index >= 15 is 0 Å². The van der Waals surface area contributed by atoms with Crippen LogP contribution in [0.4, 0.5) is 20.6 Å². The second-order valence-corrected chi connectivity index (χ2v) is 4.43. The van der Waals surface area contributed by atoms with E-state index in [0.717, 1.165) is 18.5 Å². The first-order chi connectivity index (χ1) is 8.06. The Hall–Kier alpha value is -1.78. The van der Waals surface area contributed by atoms with Gasteiger partial charge in [-0.2, -0.15) is 0 Å². The topological polar surface area (TPSA) is 44.4 Å². The molecule has 0 aliphatic heterocycles. The molecule has 2 rings (SSSR count). The number of nitrogens with one attached hydrogen (secondary N) is 2. The lowest BCUT2D eigenvalue weighted by molar-refractivity contribution is 0.251. The van der Waals surface area contributed by atoms with Crippen molar-refractivity contribution in [2.75, 3.05) is 24.3 Å². The molecule has 1 aliphatic rings. The molecule has 0 radical (unpaired) electrons.